The zero-order valence-electron chi connectivity index (χ0n) is 14.2. The number of guanidine groups is 2. The number of benzene rings is 1. The van der Waals surface area contributed by atoms with Crippen molar-refractivity contribution in [1.29, 1.82) is 0 Å². The fourth-order valence-electron chi connectivity index (χ4n) is 1.97. The van der Waals surface area contributed by atoms with Crippen LogP contribution in [-0.4, -0.2) is 48.7 Å². The third-order valence-corrected chi connectivity index (χ3v) is 5.97. The van der Waals surface area contributed by atoms with Crippen molar-refractivity contribution in [3.05, 3.63) is 24.3 Å². The minimum absolute atomic E-state index is 0.0248. The number of hydrogen-bond donors (Lipinski definition) is 3. The van der Waals surface area contributed by atoms with E-state index in [1.165, 1.54) is 0 Å². The van der Waals surface area contributed by atoms with Crippen LogP contribution in [-0.2, 0) is 13.3 Å². The quantitative estimate of drug-likeness (QED) is 0.254. The molecule has 0 bridgehead atoms. The van der Waals surface area contributed by atoms with E-state index in [2.05, 4.69) is 9.98 Å². The summed E-state index contributed by atoms with van der Waals surface area (Å²) in [5.74, 6) is 0.488. The highest BCUT2D eigenvalue weighted by molar-refractivity contribution is 6.60. The summed E-state index contributed by atoms with van der Waals surface area (Å²) in [7, 11) is 2.20. The van der Waals surface area contributed by atoms with Crippen molar-refractivity contribution in [2.24, 2.45) is 27.2 Å². The van der Waals surface area contributed by atoms with E-state index >= 15 is 0 Å². The average Bonchev–Trinajstić information content (AvgIpc) is 2.55. The maximum absolute atomic E-state index is 5.70. The first-order valence-electron chi connectivity index (χ1n) is 7.27. The Morgan fingerprint density at radius 3 is 2.33 bits per heavy atom. The molecule has 0 radical (unpaired) electrons. The highest BCUT2D eigenvalue weighted by Crippen LogP contribution is 2.21. The predicted octanol–water partition coefficient (Wildman–Crippen LogP) is 0.553. The lowest BCUT2D eigenvalue weighted by Crippen LogP contribution is -2.42. The molecule has 134 valence electrons. The molecule has 0 aliphatic rings. The van der Waals surface area contributed by atoms with Gasteiger partial charge >= 0.3 is 8.80 Å². The average molecular weight is 355 g/mol. The Morgan fingerprint density at radius 2 is 1.75 bits per heavy atom. The second-order valence-corrected chi connectivity index (χ2v) is 7.84. The van der Waals surface area contributed by atoms with Crippen molar-refractivity contribution < 1.29 is 18.0 Å². The van der Waals surface area contributed by atoms with Crippen molar-refractivity contribution >= 4 is 26.4 Å². The predicted molar refractivity (Wildman–Crippen MR) is 95.2 cm³/mol. The molecule has 0 fully saturated rings. The number of nitrogens with two attached hydrogens (primary N) is 3. The van der Waals surface area contributed by atoms with Crippen molar-refractivity contribution in [2.75, 3.05) is 27.9 Å². The minimum atomic E-state index is -2.56. The van der Waals surface area contributed by atoms with Gasteiger partial charge in [0.2, 0.25) is 5.96 Å². The van der Waals surface area contributed by atoms with Crippen LogP contribution >= 0.6 is 0 Å². The van der Waals surface area contributed by atoms with E-state index < -0.39 is 8.80 Å². The first-order valence-corrected chi connectivity index (χ1v) is 9.20. The largest absolute Gasteiger partial charge is 0.500 e. The highest BCUT2D eigenvalue weighted by Gasteiger charge is 2.36. The van der Waals surface area contributed by atoms with E-state index in [1.54, 1.807) is 39.5 Å². The maximum Gasteiger partial charge on any atom is 0.500 e. The zero-order chi connectivity index (χ0) is 18.0. The third-order valence-electron chi connectivity index (χ3n) is 3.13. The summed E-state index contributed by atoms with van der Waals surface area (Å²) in [5, 5.41) is 0. The molecular formula is C14H25N5O4Si. The molecule has 9 nitrogen and oxygen atoms in total. The molecule has 0 saturated heterocycles. The summed E-state index contributed by atoms with van der Waals surface area (Å²) in [6, 6.07) is 7.79. The van der Waals surface area contributed by atoms with Gasteiger partial charge < -0.3 is 35.2 Å². The fraction of sp³-hybridized carbons (Fsp3) is 0.429. The van der Waals surface area contributed by atoms with Gasteiger partial charge in [-0.25, -0.2) is 4.99 Å². The van der Waals surface area contributed by atoms with Crippen LogP contribution in [0.15, 0.2) is 34.3 Å². The lowest BCUT2D eigenvalue weighted by Gasteiger charge is -2.24. The molecule has 0 atom stereocenters. The lowest BCUT2D eigenvalue weighted by molar-refractivity contribution is 0.121. The molecule has 1 aromatic rings. The Labute approximate surface area is 142 Å². The SMILES string of the molecule is CO[Si](CCCOc1cccc(N=C(N)N=C(N)N)c1)(OC)OC. The van der Waals surface area contributed by atoms with Gasteiger partial charge in [-0.3, -0.25) is 0 Å². The maximum atomic E-state index is 5.70. The van der Waals surface area contributed by atoms with Gasteiger partial charge in [0.25, 0.3) is 0 Å². The number of rotatable bonds is 9. The zero-order valence-corrected chi connectivity index (χ0v) is 15.2. The van der Waals surface area contributed by atoms with E-state index in [0.29, 0.717) is 24.1 Å². The van der Waals surface area contributed by atoms with E-state index in [1.807, 2.05) is 6.07 Å². The molecule has 0 saturated carbocycles. The van der Waals surface area contributed by atoms with Gasteiger partial charge in [-0.05, 0) is 18.6 Å². The van der Waals surface area contributed by atoms with Crippen LogP contribution in [0.3, 0.4) is 0 Å². The minimum Gasteiger partial charge on any atom is -0.494 e. The Kier molecular flexibility index (Phi) is 8.19. The monoisotopic (exact) mass is 355 g/mol. The first kappa shape index (κ1) is 19.9. The molecule has 0 aliphatic carbocycles. The van der Waals surface area contributed by atoms with Gasteiger partial charge in [0.15, 0.2) is 5.96 Å². The van der Waals surface area contributed by atoms with Gasteiger partial charge in [0.05, 0.1) is 12.3 Å². The van der Waals surface area contributed by atoms with Gasteiger partial charge in [-0.2, -0.15) is 4.99 Å². The van der Waals surface area contributed by atoms with Crippen LogP contribution in [0.4, 0.5) is 5.69 Å². The Hall–Kier alpha value is -2.14. The number of hydrogen-bond acceptors (Lipinski definition) is 5. The molecule has 1 rings (SSSR count). The molecule has 0 aromatic heterocycles. The van der Waals surface area contributed by atoms with Crippen molar-refractivity contribution in [3.63, 3.8) is 0 Å². The van der Waals surface area contributed by atoms with Crippen LogP contribution in [0.5, 0.6) is 5.75 Å². The van der Waals surface area contributed by atoms with Crippen LogP contribution in [0.25, 0.3) is 0 Å². The molecule has 0 heterocycles. The molecule has 6 N–H and O–H groups in total. The number of aliphatic imine (C=N–C) groups is 2. The first-order chi connectivity index (χ1) is 11.4. The summed E-state index contributed by atoms with van der Waals surface area (Å²) >= 11 is 0. The molecular weight excluding hydrogens is 330 g/mol. The van der Waals surface area contributed by atoms with E-state index in [0.717, 1.165) is 6.42 Å². The standard InChI is InChI=1S/C14H25N5O4Si/c1-20-24(21-2,22-3)9-5-8-23-12-7-4-6-11(10-12)18-14(17)19-13(15)16/h4,6-7,10H,5,8-9H2,1-3H3,(H6,15,16,17,18,19). The van der Waals surface area contributed by atoms with E-state index in [-0.39, 0.29) is 11.9 Å². The number of nitrogens with zero attached hydrogens (tertiary/aromatic N) is 2. The summed E-state index contributed by atoms with van der Waals surface area (Å²) in [5.41, 5.74) is 16.7. The smallest absolute Gasteiger partial charge is 0.494 e. The van der Waals surface area contributed by atoms with Crippen molar-refractivity contribution in [1.82, 2.24) is 0 Å². The lowest BCUT2D eigenvalue weighted by atomic mass is 10.3. The van der Waals surface area contributed by atoms with Crippen molar-refractivity contribution in [2.45, 2.75) is 12.5 Å². The summed E-state index contributed by atoms with van der Waals surface area (Å²) < 4.78 is 21.8. The highest BCUT2D eigenvalue weighted by atomic mass is 28.4. The van der Waals surface area contributed by atoms with Crippen LogP contribution in [0, 0.1) is 0 Å². The van der Waals surface area contributed by atoms with E-state index in [4.69, 9.17) is 35.2 Å². The van der Waals surface area contributed by atoms with Crippen LogP contribution in [0.2, 0.25) is 6.04 Å². The Balaban J connectivity index is 2.58. The normalized spacial score (nSPS) is 12.0. The van der Waals surface area contributed by atoms with Crippen LogP contribution < -0.4 is 21.9 Å². The molecule has 0 amide bonds. The van der Waals surface area contributed by atoms with E-state index in [9.17, 15) is 0 Å². The second-order valence-electron chi connectivity index (χ2n) is 4.75. The summed E-state index contributed by atoms with van der Waals surface area (Å²) in [6.45, 7) is 0.487. The van der Waals surface area contributed by atoms with Gasteiger partial charge in [-0.1, -0.05) is 6.07 Å². The fourth-order valence-corrected chi connectivity index (χ4v) is 3.66. The molecule has 0 unspecified atom stereocenters. The Morgan fingerprint density at radius 1 is 1.08 bits per heavy atom. The number of ether oxygens (including phenoxy) is 1. The molecule has 0 aliphatic heterocycles. The molecule has 24 heavy (non-hydrogen) atoms. The van der Waals surface area contributed by atoms with Gasteiger partial charge in [0, 0.05) is 33.4 Å². The summed E-state index contributed by atoms with van der Waals surface area (Å²) in [6.07, 6.45) is 0.728. The Bertz CT molecular complexity index is 566. The third kappa shape index (κ3) is 6.54. The van der Waals surface area contributed by atoms with Gasteiger partial charge in [0.1, 0.15) is 5.75 Å². The van der Waals surface area contributed by atoms with Crippen molar-refractivity contribution in [3.8, 4) is 5.75 Å². The van der Waals surface area contributed by atoms with Crippen LogP contribution in [0.1, 0.15) is 6.42 Å². The summed E-state index contributed by atoms with van der Waals surface area (Å²) in [4.78, 5) is 7.74. The molecule has 0 spiro atoms. The van der Waals surface area contributed by atoms with Gasteiger partial charge in [-0.15, -0.1) is 0 Å². The topological polar surface area (TPSA) is 140 Å². The molecule has 1 aromatic carbocycles. The molecule has 10 heteroatoms. The second kappa shape index (κ2) is 9.88.